The Morgan fingerprint density at radius 2 is 1.90 bits per heavy atom. The minimum Gasteiger partial charge on any atom is -0.494 e. The van der Waals surface area contributed by atoms with Gasteiger partial charge in [0, 0.05) is 0 Å². The first-order valence-electron chi connectivity index (χ1n) is 6.67. The number of benzene rings is 1. The van der Waals surface area contributed by atoms with Gasteiger partial charge in [0.25, 0.3) is 5.56 Å². The molecule has 5 nitrogen and oxygen atoms in total. The van der Waals surface area contributed by atoms with Gasteiger partial charge in [0.05, 0.1) is 11.3 Å². The largest absolute Gasteiger partial charge is 0.494 e. The molecule has 5 heteroatoms. The fourth-order valence-corrected chi connectivity index (χ4v) is 2.41. The number of aryl methyl sites for hydroxylation is 2. The number of aromatic amines is 1. The quantitative estimate of drug-likeness (QED) is 0.894. The Bertz CT molecular complexity index is 757. The van der Waals surface area contributed by atoms with Gasteiger partial charge in [-0.2, -0.15) is 0 Å². The summed E-state index contributed by atoms with van der Waals surface area (Å²) in [4.78, 5) is 26.1. The van der Waals surface area contributed by atoms with E-state index in [0.29, 0.717) is 12.1 Å². The highest BCUT2D eigenvalue weighted by Gasteiger charge is 2.17. The second-order valence-electron chi connectivity index (χ2n) is 4.69. The van der Waals surface area contributed by atoms with Gasteiger partial charge in [0.2, 0.25) is 5.88 Å². The molecule has 0 amide bonds. The van der Waals surface area contributed by atoms with Crippen molar-refractivity contribution in [3.05, 3.63) is 55.7 Å². The van der Waals surface area contributed by atoms with Gasteiger partial charge in [0.15, 0.2) is 0 Å². The van der Waals surface area contributed by atoms with Crippen LogP contribution in [0.25, 0.3) is 5.69 Å². The maximum absolute atomic E-state index is 12.1. The van der Waals surface area contributed by atoms with E-state index < -0.39 is 11.2 Å². The lowest BCUT2D eigenvalue weighted by Gasteiger charge is -2.16. The van der Waals surface area contributed by atoms with E-state index in [0.717, 1.165) is 17.5 Å². The number of aromatic hydroxyl groups is 1. The Balaban J connectivity index is 2.91. The van der Waals surface area contributed by atoms with Crippen molar-refractivity contribution in [3.63, 3.8) is 0 Å². The average molecular weight is 274 g/mol. The number of hydrogen-bond acceptors (Lipinski definition) is 3. The van der Waals surface area contributed by atoms with Crippen molar-refractivity contribution in [1.82, 2.24) is 9.55 Å². The smallest absolute Gasteiger partial charge is 0.335 e. The molecule has 1 aromatic heterocycles. The van der Waals surface area contributed by atoms with Crippen LogP contribution in [0.2, 0.25) is 0 Å². The van der Waals surface area contributed by atoms with Gasteiger partial charge in [-0.1, -0.05) is 32.0 Å². The van der Waals surface area contributed by atoms with Crippen LogP contribution in [0.1, 0.15) is 30.5 Å². The lowest BCUT2D eigenvalue weighted by Crippen LogP contribution is -2.32. The highest BCUT2D eigenvalue weighted by Crippen LogP contribution is 2.23. The van der Waals surface area contributed by atoms with E-state index in [1.54, 1.807) is 6.92 Å². The van der Waals surface area contributed by atoms with Gasteiger partial charge >= 0.3 is 5.69 Å². The minimum absolute atomic E-state index is 0.218. The normalized spacial score (nSPS) is 10.8. The van der Waals surface area contributed by atoms with Crippen LogP contribution in [0.5, 0.6) is 5.88 Å². The van der Waals surface area contributed by atoms with E-state index >= 15 is 0 Å². The van der Waals surface area contributed by atoms with E-state index in [4.69, 9.17) is 0 Å². The summed E-state index contributed by atoms with van der Waals surface area (Å²) >= 11 is 0. The van der Waals surface area contributed by atoms with Crippen LogP contribution >= 0.6 is 0 Å². The Morgan fingerprint density at radius 3 is 2.50 bits per heavy atom. The first-order chi connectivity index (χ1) is 9.51. The highest BCUT2D eigenvalue weighted by molar-refractivity contribution is 5.50. The van der Waals surface area contributed by atoms with Crippen molar-refractivity contribution in [1.29, 1.82) is 0 Å². The lowest BCUT2D eigenvalue weighted by molar-refractivity contribution is 0.423. The third kappa shape index (κ3) is 2.15. The summed E-state index contributed by atoms with van der Waals surface area (Å²) in [7, 11) is 0. The molecule has 0 unspecified atom stereocenters. The van der Waals surface area contributed by atoms with Crippen molar-refractivity contribution in [2.24, 2.45) is 0 Å². The zero-order chi connectivity index (χ0) is 14.9. The zero-order valence-electron chi connectivity index (χ0n) is 11.9. The molecule has 1 heterocycles. The molecule has 0 aliphatic rings. The molecule has 20 heavy (non-hydrogen) atoms. The van der Waals surface area contributed by atoms with E-state index in [1.165, 1.54) is 4.57 Å². The molecule has 106 valence electrons. The third-order valence-corrected chi connectivity index (χ3v) is 3.46. The van der Waals surface area contributed by atoms with Gasteiger partial charge in [-0.15, -0.1) is 0 Å². The van der Waals surface area contributed by atoms with Gasteiger partial charge in [0.1, 0.15) is 0 Å². The average Bonchev–Trinajstić information content (AvgIpc) is 2.40. The molecular weight excluding hydrogens is 256 g/mol. The number of hydrogen-bond donors (Lipinski definition) is 2. The summed E-state index contributed by atoms with van der Waals surface area (Å²) in [6.07, 6.45) is 1.08. The van der Waals surface area contributed by atoms with Crippen molar-refractivity contribution in [3.8, 4) is 11.6 Å². The van der Waals surface area contributed by atoms with Crippen LogP contribution < -0.4 is 11.2 Å². The number of aromatic nitrogens is 2. The summed E-state index contributed by atoms with van der Waals surface area (Å²) in [6, 6.07) is 5.69. The van der Waals surface area contributed by atoms with Gasteiger partial charge in [-0.05, 0) is 30.9 Å². The van der Waals surface area contributed by atoms with Crippen LogP contribution in [-0.2, 0) is 12.8 Å². The van der Waals surface area contributed by atoms with Crippen LogP contribution in [0.4, 0.5) is 0 Å². The fraction of sp³-hybridized carbons (Fsp3) is 0.333. The van der Waals surface area contributed by atoms with Gasteiger partial charge in [-0.3, -0.25) is 9.78 Å². The summed E-state index contributed by atoms with van der Waals surface area (Å²) < 4.78 is 1.19. The van der Waals surface area contributed by atoms with Crippen molar-refractivity contribution in [2.75, 3.05) is 0 Å². The monoisotopic (exact) mass is 274 g/mol. The second-order valence-corrected chi connectivity index (χ2v) is 4.69. The highest BCUT2D eigenvalue weighted by atomic mass is 16.3. The van der Waals surface area contributed by atoms with Gasteiger partial charge in [-0.25, -0.2) is 9.36 Å². The van der Waals surface area contributed by atoms with Crippen molar-refractivity contribution >= 4 is 0 Å². The molecule has 0 bridgehead atoms. The Morgan fingerprint density at radius 1 is 1.20 bits per heavy atom. The molecule has 0 saturated heterocycles. The molecule has 2 aromatic rings. The van der Waals surface area contributed by atoms with E-state index in [2.05, 4.69) is 4.98 Å². The number of rotatable bonds is 3. The minimum atomic E-state index is -0.617. The number of H-pyrrole nitrogens is 1. The van der Waals surface area contributed by atoms with Crippen molar-refractivity contribution < 1.29 is 5.11 Å². The molecule has 0 radical (unpaired) electrons. The maximum Gasteiger partial charge on any atom is 0.335 e. The number of nitrogens with one attached hydrogen (secondary N) is 1. The predicted octanol–water partition coefficient (Wildman–Crippen LogP) is 1.66. The van der Waals surface area contributed by atoms with Gasteiger partial charge < -0.3 is 5.11 Å². The zero-order valence-corrected chi connectivity index (χ0v) is 11.9. The number of nitrogens with zero attached hydrogens (tertiary/aromatic N) is 1. The first kappa shape index (κ1) is 14.1. The standard InChI is InChI=1S/C15H18N2O3/c1-4-10-8-6-7-9(3)12(10)17-14(19)11(5-2)13(18)16-15(17)20/h6-8,19H,4-5H2,1-3H3,(H,16,18,20). The summed E-state index contributed by atoms with van der Waals surface area (Å²) in [5, 5.41) is 10.3. The van der Waals surface area contributed by atoms with E-state index in [9.17, 15) is 14.7 Å². The Labute approximate surface area is 116 Å². The molecule has 0 fully saturated rings. The van der Waals surface area contributed by atoms with Crippen molar-refractivity contribution in [2.45, 2.75) is 33.6 Å². The Hall–Kier alpha value is -2.30. The van der Waals surface area contributed by atoms with Crippen LogP contribution in [0, 0.1) is 6.92 Å². The summed E-state index contributed by atoms with van der Waals surface area (Å²) in [5.41, 5.74) is 1.53. The molecule has 1 aromatic carbocycles. The molecule has 0 aliphatic heterocycles. The SMILES string of the molecule is CCc1cccc(C)c1-n1c(O)c(CC)c(=O)[nH]c1=O. The second kappa shape index (κ2) is 5.36. The molecule has 2 N–H and O–H groups in total. The summed E-state index contributed by atoms with van der Waals surface area (Å²) in [5.74, 6) is -0.273. The van der Waals surface area contributed by atoms with Crippen LogP contribution in [0.3, 0.4) is 0 Å². The molecule has 0 aliphatic carbocycles. The first-order valence-corrected chi connectivity index (χ1v) is 6.67. The summed E-state index contributed by atoms with van der Waals surface area (Å²) in [6.45, 7) is 5.61. The van der Waals surface area contributed by atoms with Crippen LogP contribution in [0.15, 0.2) is 27.8 Å². The Kier molecular flexibility index (Phi) is 3.79. The van der Waals surface area contributed by atoms with E-state index in [-0.39, 0.29) is 11.4 Å². The molecule has 0 spiro atoms. The van der Waals surface area contributed by atoms with E-state index in [1.807, 2.05) is 32.0 Å². The molecular formula is C15H18N2O3. The molecule has 2 rings (SSSR count). The topological polar surface area (TPSA) is 75.1 Å². The molecule has 0 atom stereocenters. The predicted molar refractivity (Wildman–Crippen MR) is 77.8 cm³/mol. The third-order valence-electron chi connectivity index (χ3n) is 3.46. The maximum atomic E-state index is 12.1. The molecule has 0 saturated carbocycles. The number of para-hydroxylation sites is 1. The lowest BCUT2D eigenvalue weighted by atomic mass is 10.1. The van der Waals surface area contributed by atoms with Crippen LogP contribution in [-0.4, -0.2) is 14.7 Å². The fourth-order valence-electron chi connectivity index (χ4n) is 2.41.